The van der Waals surface area contributed by atoms with Crippen LogP contribution in [0.25, 0.3) is 0 Å². The molecule has 0 aromatic heterocycles. The summed E-state index contributed by atoms with van der Waals surface area (Å²) >= 11 is 6.25. The van der Waals surface area contributed by atoms with Crippen molar-refractivity contribution in [1.29, 1.82) is 0 Å². The molecule has 0 bridgehead atoms. The number of hydrogen-bond donors (Lipinski definition) is 3. The third kappa shape index (κ3) is 8.87. The zero-order valence-electron chi connectivity index (χ0n) is 21.9. The van der Waals surface area contributed by atoms with Crippen LogP contribution in [-0.4, -0.2) is 59.1 Å². The first-order valence-electron chi connectivity index (χ1n) is 11.7. The van der Waals surface area contributed by atoms with Crippen molar-refractivity contribution in [2.24, 2.45) is 0 Å². The number of aliphatic hydroxyl groups excluding tert-OH is 1. The van der Waals surface area contributed by atoms with Crippen LogP contribution < -0.4 is 15.5 Å². The maximum Gasteiger partial charge on any atom is 0.407 e. The van der Waals surface area contributed by atoms with E-state index in [9.17, 15) is 24.3 Å². The second-order valence-corrected chi connectivity index (χ2v) is 10.9. The number of anilines is 1. The minimum Gasteiger partial charge on any atom is -0.444 e. The molecule has 1 atom stereocenters. The van der Waals surface area contributed by atoms with Gasteiger partial charge in [0.1, 0.15) is 18.2 Å². The van der Waals surface area contributed by atoms with E-state index >= 15 is 0 Å². The molecule has 10 heteroatoms. The van der Waals surface area contributed by atoms with E-state index < -0.39 is 47.5 Å². The maximum absolute atomic E-state index is 13.4. The Kier molecular flexibility index (Phi) is 9.83. The molecule has 2 aromatic carbocycles. The van der Waals surface area contributed by atoms with Gasteiger partial charge in [0, 0.05) is 21.7 Å². The summed E-state index contributed by atoms with van der Waals surface area (Å²) in [5.41, 5.74) is -1.03. The Bertz CT molecular complexity index is 1140. The molecule has 0 fully saturated rings. The standard InChI is InChI=1S/C27H34ClN3O6/c1-26(2,3)30-24(35)21(15-29-25(36)37-27(4,5)6)31(22(33)16-32)20-14-18(28)12-13-19(20)23(34)17-10-8-7-9-11-17/h7-14,21,32H,15-16H2,1-6H3,(H,29,36)(H,30,35). The Morgan fingerprint density at radius 2 is 1.62 bits per heavy atom. The highest BCUT2D eigenvalue weighted by molar-refractivity contribution is 6.31. The Hall–Kier alpha value is -3.43. The van der Waals surface area contributed by atoms with Gasteiger partial charge in [0.25, 0.3) is 5.91 Å². The number of amides is 3. The fourth-order valence-corrected chi connectivity index (χ4v) is 3.61. The lowest BCUT2D eigenvalue weighted by molar-refractivity contribution is -0.128. The van der Waals surface area contributed by atoms with Gasteiger partial charge in [-0.1, -0.05) is 41.9 Å². The third-order valence-corrected chi connectivity index (χ3v) is 5.09. The highest BCUT2D eigenvalue weighted by Gasteiger charge is 2.35. The number of alkyl carbamates (subject to hydrolysis) is 1. The third-order valence-electron chi connectivity index (χ3n) is 4.86. The zero-order chi connectivity index (χ0) is 28.0. The van der Waals surface area contributed by atoms with Gasteiger partial charge in [0.05, 0.1) is 12.2 Å². The monoisotopic (exact) mass is 531 g/mol. The number of nitrogens with zero attached hydrogens (tertiary/aromatic N) is 1. The quantitative estimate of drug-likeness (QED) is 0.446. The molecule has 0 radical (unpaired) electrons. The van der Waals surface area contributed by atoms with E-state index in [2.05, 4.69) is 10.6 Å². The average Bonchev–Trinajstić information content (AvgIpc) is 2.79. The lowest BCUT2D eigenvalue weighted by Gasteiger charge is -2.34. The van der Waals surface area contributed by atoms with Gasteiger partial charge >= 0.3 is 6.09 Å². The first kappa shape index (κ1) is 29.8. The Balaban J connectivity index is 2.62. The number of carbonyl (C=O) groups excluding carboxylic acids is 4. The number of carbonyl (C=O) groups is 4. The van der Waals surface area contributed by atoms with E-state index in [4.69, 9.17) is 16.3 Å². The van der Waals surface area contributed by atoms with Crippen LogP contribution in [0.5, 0.6) is 0 Å². The van der Waals surface area contributed by atoms with Crippen molar-refractivity contribution in [3.8, 4) is 0 Å². The second kappa shape index (κ2) is 12.2. The van der Waals surface area contributed by atoms with Gasteiger partial charge in [0.2, 0.25) is 5.91 Å². The number of ether oxygens (including phenoxy) is 1. The summed E-state index contributed by atoms with van der Waals surface area (Å²) in [5.74, 6) is -1.91. The molecule has 0 heterocycles. The predicted molar refractivity (Wildman–Crippen MR) is 142 cm³/mol. The number of rotatable bonds is 8. The maximum atomic E-state index is 13.4. The van der Waals surface area contributed by atoms with Gasteiger partial charge in [-0.25, -0.2) is 4.79 Å². The number of nitrogens with one attached hydrogen (secondary N) is 2. The molecule has 37 heavy (non-hydrogen) atoms. The number of benzene rings is 2. The summed E-state index contributed by atoms with van der Waals surface area (Å²) in [6.45, 7) is 9.00. The second-order valence-electron chi connectivity index (χ2n) is 10.4. The molecular weight excluding hydrogens is 498 g/mol. The largest absolute Gasteiger partial charge is 0.444 e. The summed E-state index contributed by atoms with van der Waals surface area (Å²) in [6.07, 6.45) is -0.802. The van der Waals surface area contributed by atoms with E-state index in [0.717, 1.165) is 4.90 Å². The number of halogens is 1. The van der Waals surface area contributed by atoms with Crippen molar-refractivity contribution in [1.82, 2.24) is 10.6 Å². The van der Waals surface area contributed by atoms with Gasteiger partial charge in [0.15, 0.2) is 5.78 Å². The van der Waals surface area contributed by atoms with Gasteiger partial charge in [-0.05, 0) is 59.7 Å². The Morgan fingerprint density at radius 3 is 2.16 bits per heavy atom. The van der Waals surface area contributed by atoms with Crippen molar-refractivity contribution >= 4 is 41.0 Å². The Morgan fingerprint density at radius 1 is 1.00 bits per heavy atom. The topological polar surface area (TPSA) is 125 Å². The van der Waals surface area contributed by atoms with E-state index in [-0.39, 0.29) is 22.8 Å². The van der Waals surface area contributed by atoms with Crippen LogP contribution in [0.4, 0.5) is 10.5 Å². The fraction of sp³-hybridized carbons (Fsp3) is 0.407. The molecule has 0 aliphatic rings. The minimum absolute atomic E-state index is 0.0143. The van der Waals surface area contributed by atoms with Crippen molar-refractivity contribution in [2.75, 3.05) is 18.1 Å². The fourth-order valence-electron chi connectivity index (χ4n) is 3.44. The summed E-state index contributed by atoms with van der Waals surface area (Å²) < 4.78 is 5.27. The van der Waals surface area contributed by atoms with Crippen LogP contribution in [0.3, 0.4) is 0 Å². The molecule has 3 amide bonds. The molecule has 0 spiro atoms. The molecular formula is C27H34ClN3O6. The molecule has 2 rings (SSSR count). The van der Waals surface area contributed by atoms with Gasteiger partial charge in [-0.15, -0.1) is 0 Å². The molecule has 0 saturated carbocycles. The lowest BCUT2D eigenvalue weighted by Crippen LogP contribution is -2.59. The van der Waals surface area contributed by atoms with Crippen LogP contribution in [-0.2, 0) is 14.3 Å². The van der Waals surface area contributed by atoms with Gasteiger partial charge in [-0.2, -0.15) is 0 Å². The molecule has 0 saturated heterocycles. The first-order chi connectivity index (χ1) is 17.1. The summed E-state index contributed by atoms with van der Waals surface area (Å²) in [6, 6.07) is 11.4. The number of hydrogen-bond acceptors (Lipinski definition) is 6. The normalized spacial score (nSPS) is 12.3. The van der Waals surface area contributed by atoms with E-state index in [1.807, 2.05) is 0 Å². The molecule has 0 aliphatic heterocycles. The highest BCUT2D eigenvalue weighted by atomic mass is 35.5. The molecule has 0 aliphatic carbocycles. The van der Waals surface area contributed by atoms with Crippen LogP contribution in [0, 0.1) is 0 Å². The van der Waals surface area contributed by atoms with Crippen molar-refractivity contribution < 1.29 is 29.0 Å². The summed E-state index contributed by atoms with van der Waals surface area (Å²) in [4.78, 5) is 53.3. The van der Waals surface area contributed by atoms with Crippen molar-refractivity contribution in [2.45, 2.75) is 58.7 Å². The van der Waals surface area contributed by atoms with Crippen LogP contribution >= 0.6 is 11.6 Å². The highest BCUT2D eigenvalue weighted by Crippen LogP contribution is 2.29. The van der Waals surface area contributed by atoms with Crippen LogP contribution in [0.15, 0.2) is 48.5 Å². The molecule has 2 aromatic rings. The van der Waals surface area contributed by atoms with E-state index in [1.165, 1.54) is 18.2 Å². The SMILES string of the molecule is CC(C)(C)NC(=O)C(CNC(=O)OC(C)(C)C)N(C(=O)CO)c1cc(Cl)ccc1C(=O)c1ccccc1. The lowest BCUT2D eigenvalue weighted by atomic mass is 9.99. The predicted octanol–water partition coefficient (Wildman–Crippen LogP) is 3.70. The molecule has 3 N–H and O–H groups in total. The summed E-state index contributed by atoms with van der Waals surface area (Å²) in [5, 5.41) is 15.3. The molecule has 9 nitrogen and oxygen atoms in total. The smallest absolute Gasteiger partial charge is 0.407 e. The zero-order valence-corrected chi connectivity index (χ0v) is 22.7. The molecule has 1 unspecified atom stereocenters. The summed E-state index contributed by atoms with van der Waals surface area (Å²) in [7, 11) is 0. The van der Waals surface area contributed by atoms with Gasteiger partial charge in [-0.3, -0.25) is 19.3 Å². The van der Waals surface area contributed by atoms with Gasteiger partial charge < -0.3 is 20.5 Å². The van der Waals surface area contributed by atoms with Crippen molar-refractivity contribution in [3.05, 3.63) is 64.7 Å². The van der Waals surface area contributed by atoms with Crippen LogP contribution in [0.1, 0.15) is 57.5 Å². The minimum atomic E-state index is -1.35. The molecule has 200 valence electrons. The van der Waals surface area contributed by atoms with E-state index in [1.54, 1.807) is 71.9 Å². The van der Waals surface area contributed by atoms with Crippen molar-refractivity contribution in [3.63, 3.8) is 0 Å². The van der Waals surface area contributed by atoms with Crippen LogP contribution in [0.2, 0.25) is 5.02 Å². The number of ketones is 1. The number of aliphatic hydroxyl groups is 1. The average molecular weight is 532 g/mol. The Labute approximate surface area is 222 Å². The van der Waals surface area contributed by atoms with E-state index in [0.29, 0.717) is 5.56 Å². The first-order valence-corrected chi connectivity index (χ1v) is 12.1.